The molecule has 2 aromatic rings. The van der Waals surface area contributed by atoms with E-state index in [1.165, 1.54) is 18.2 Å². The van der Waals surface area contributed by atoms with Crippen molar-refractivity contribution in [2.75, 3.05) is 0 Å². The molecular weight excluding hydrogens is 231 g/mol. The van der Waals surface area contributed by atoms with Crippen molar-refractivity contribution in [2.45, 2.75) is 13.8 Å². The minimum atomic E-state index is -1.06. The Morgan fingerprint density at radius 2 is 1.78 bits per heavy atom. The molecule has 0 aliphatic rings. The van der Waals surface area contributed by atoms with E-state index >= 15 is 0 Å². The van der Waals surface area contributed by atoms with Gasteiger partial charge in [-0.2, -0.15) is 0 Å². The molecule has 3 heteroatoms. The zero-order valence-corrected chi connectivity index (χ0v) is 10.2. The predicted molar refractivity (Wildman–Crippen MR) is 68.3 cm³/mol. The maximum Gasteiger partial charge on any atom is 0.335 e. The quantitative estimate of drug-likeness (QED) is 0.872. The number of carboxylic acids is 1. The number of carbonyl (C=O) groups is 1. The van der Waals surface area contributed by atoms with Gasteiger partial charge in [0, 0.05) is 5.56 Å². The standard InChI is InChI=1S/C15H13FO2/c1-9-3-4-11(7-10(9)2)13-8-12(15(17)18)5-6-14(13)16/h3-8H,1-2H3,(H,17,18). The average molecular weight is 244 g/mol. The van der Waals surface area contributed by atoms with Crippen molar-refractivity contribution in [2.24, 2.45) is 0 Å². The van der Waals surface area contributed by atoms with E-state index in [0.29, 0.717) is 11.1 Å². The third kappa shape index (κ3) is 2.25. The van der Waals surface area contributed by atoms with E-state index in [2.05, 4.69) is 0 Å². The Kier molecular flexibility index (Phi) is 3.15. The van der Waals surface area contributed by atoms with Crippen LogP contribution in [0, 0.1) is 19.7 Å². The summed E-state index contributed by atoms with van der Waals surface area (Å²) in [4.78, 5) is 10.9. The van der Waals surface area contributed by atoms with E-state index < -0.39 is 11.8 Å². The van der Waals surface area contributed by atoms with Crippen LogP contribution in [-0.2, 0) is 0 Å². The van der Waals surface area contributed by atoms with E-state index in [1.807, 2.05) is 26.0 Å². The second-order valence-corrected chi connectivity index (χ2v) is 4.30. The van der Waals surface area contributed by atoms with Crippen molar-refractivity contribution in [3.05, 3.63) is 58.9 Å². The van der Waals surface area contributed by atoms with Crippen molar-refractivity contribution in [1.82, 2.24) is 0 Å². The number of rotatable bonds is 2. The Labute approximate surface area is 105 Å². The minimum Gasteiger partial charge on any atom is -0.478 e. The summed E-state index contributed by atoms with van der Waals surface area (Å²) in [5.74, 6) is -1.47. The number of aryl methyl sites for hydroxylation is 2. The summed E-state index contributed by atoms with van der Waals surface area (Å²) in [6, 6.07) is 9.38. The molecule has 2 aromatic carbocycles. The van der Waals surface area contributed by atoms with E-state index in [9.17, 15) is 9.18 Å². The maximum absolute atomic E-state index is 13.8. The molecule has 0 heterocycles. The highest BCUT2D eigenvalue weighted by Gasteiger charge is 2.10. The Balaban J connectivity index is 2.58. The van der Waals surface area contributed by atoms with Gasteiger partial charge in [-0.15, -0.1) is 0 Å². The van der Waals surface area contributed by atoms with Gasteiger partial charge in [0.1, 0.15) is 5.82 Å². The number of hydrogen-bond donors (Lipinski definition) is 1. The summed E-state index contributed by atoms with van der Waals surface area (Å²) >= 11 is 0. The Morgan fingerprint density at radius 3 is 2.39 bits per heavy atom. The number of halogens is 1. The van der Waals surface area contributed by atoms with Gasteiger partial charge in [-0.25, -0.2) is 9.18 Å². The first kappa shape index (κ1) is 12.3. The first-order valence-electron chi connectivity index (χ1n) is 5.59. The molecule has 0 fully saturated rings. The summed E-state index contributed by atoms with van der Waals surface area (Å²) < 4.78 is 13.8. The number of carboxylic acid groups (broad SMARTS) is 1. The molecule has 92 valence electrons. The number of hydrogen-bond acceptors (Lipinski definition) is 1. The molecule has 0 aliphatic carbocycles. The van der Waals surface area contributed by atoms with Crippen molar-refractivity contribution in [3.8, 4) is 11.1 Å². The smallest absolute Gasteiger partial charge is 0.335 e. The molecule has 0 radical (unpaired) electrons. The van der Waals surface area contributed by atoms with Gasteiger partial charge in [0.2, 0.25) is 0 Å². The summed E-state index contributed by atoms with van der Waals surface area (Å²) in [6.07, 6.45) is 0. The van der Waals surface area contributed by atoms with Gasteiger partial charge in [0.05, 0.1) is 5.56 Å². The van der Waals surface area contributed by atoms with Crippen LogP contribution in [0.25, 0.3) is 11.1 Å². The van der Waals surface area contributed by atoms with E-state index in [-0.39, 0.29) is 5.56 Å². The monoisotopic (exact) mass is 244 g/mol. The van der Waals surface area contributed by atoms with Gasteiger partial charge in [0.25, 0.3) is 0 Å². The maximum atomic E-state index is 13.8. The van der Waals surface area contributed by atoms with Gasteiger partial charge in [-0.1, -0.05) is 18.2 Å². The highest BCUT2D eigenvalue weighted by molar-refractivity contribution is 5.89. The highest BCUT2D eigenvalue weighted by Crippen LogP contribution is 2.26. The lowest BCUT2D eigenvalue weighted by atomic mass is 9.98. The number of aromatic carboxylic acids is 1. The van der Waals surface area contributed by atoms with Gasteiger partial charge in [-0.3, -0.25) is 0 Å². The van der Waals surface area contributed by atoms with E-state index in [1.54, 1.807) is 6.07 Å². The van der Waals surface area contributed by atoms with Crippen molar-refractivity contribution >= 4 is 5.97 Å². The molecule has 0 saturated carbocycles. The minimum absolute atomic E-state index is 0.0876. The third-order valence-corrected chi connectivity index (χ3v) is 3.03. The van der Waals surface area contributed by atoms with Gasteiger partial charge in [0.15, 0.2) is 0 Å². The Hall–Kier alpha value is -2.16. The van der Waals surface area contributed by atoms with Crippen LogP contribution in [0.15, 0.2) is 36.4 Å². The second-order valence-electron chi connectivity index (χ2n) is 4.30. The normalized spacial score (nSPS) is 10.4. The van der Waals surface area contributed by atoms with Crippen LogP contribution < -0.4 is 0 Å². The first-order valence-corrected chi connectivity index (χ1v) is 5.59. The van der Waals surface area contributed by atoms with Crippen molar-refractivity contribution in [1.29, 1.82) is 0 Å². The summed E-state index contributed by atoms with van der Waals surface area (Å²) in [5, 5.41) is 8.92. The van der Waals surface area contributed by atoms with Crippen LogP contribution >= 0.6 is 0 Å². The molecule has 2 nitrogen and oxygen atoms in total. The lowest BCUT2D eigenvalue weighted by Crippen LogP contribution is -1.98. The third-order valence-electron chi connectivity index (χ3n) is 3.03. The molecule has 0 spiro atoms. The summed E-state index contributed by atoms with van der Waals surface area (Å²) in [7, 11) is 0. The van der Waals surface area contributed by atoms with Crippen LogP contribution in [0.1, 0.15) is 21.5 Å². The lowest BCUT2D eigenvalue weighted by Gasteiger charge is -2.07. The average Bonchev–Trinajstić information content (AvgIpc) is 2.33. The van der Waals surface area contributed by atoms with Gasteiger partial charge in [-0.05, 0) is 48.7 Å². The Morgan fingerprint density at radius 1 is 1.06 bits per heavy atom. The molecule has 18 heavy (non-hydrogen) atoms. The molecule has 2 rings (SSSR count). The zero-order valence-electron chi connectivity index (χ0n) is 10.2. The van der Waals surface area contributed by atoms with Crippen molar-refractivity contribution in [3.63, 3.8) is 0 Å². The van der Waals surface area contributed by atoms with E-state index in [0.717, 1.165) is 11.1 Å². The van der Waals surface area contributed by atoms with Crippen LogP contribution in [0.2, 0.25) is 0 Å². The zero-order chi connectivity index (χ0) is 13.3. The molecule has 1 N–H and O–H groups in total. The molecule has 0 atom stereocenters. The largest absolute Gasteiger partial charge is 0.478 e. The fraction of sp³-hybridized carbons (Fsp3) is 0.133. The van der Waals surface area contributed by atoms with Crippen LogP contribution in [0.5, 0.6) is 0 Å². The topological polar surface area (TPSA) is 37.3 Å². The van der Waals surface area contributed by atoms with Crippen molar-refractivity contribution < 1.29 is 14.3 Å². The molecule has 0 amide bonds. The molecule has 0 aromatic heterocycles. The molecular formula is C15H13FO2. The van der Waals surface area contributed by atoms with Gasteiger partial charge >= 0.3 is 5.97 Å². The summed E-state index contributed by atoms with van der Waals surface area (Å²) in [6.45, 7) is 3.92. The fourth-order valence-electron chi connectivity index (χ4n) is 1.79. The molecule has 0 saturated heterocycles. The second kappa shape index (κ2) is 4.61. The Bertz CT molecular complexity index is 618. The predicted octanol–water partition coefficient (Wildman–Crippen LogP) is 3.81. The highest BCUT2D eigenvalue weighted by atomic mass is 19.1. The van der Waals surface area contributed by atoms with Crippen LogP contribution in [0.3, 0.4) is 0 Å². The lowest BCUT2D eigenvalue weighted by molar-refractivity contribution is 0.0697. The fourth-order valence-corrected chi connectivity index (χ4v) is 1.79. The molecule has 0 bridgehead atoms. The van der Waals surface area contributed by atoms with Gasteiger partial charge < -0.3 is 5.11 Å². The van der Waals surface area contributed by atoms with Crippen LogP contribution in [-0.4, -0.2) is 11.1 Å². The molecule has 0 aliphatic heterocycles. The first-order chi connectivity index (χ1) is 8.49. The molecule has 0 unspecified atom stereocenters. The SMILES string of the molecule is Cc1ccc(-c2cc(C(=O)O)ccc2F)cc1C. The number of benzene rings is 2. The summed E-state index contributed by atoms with van der Waals surface area (Å²) in [5.41, 5.74) is 3.27. The van der Waals surface area contributed by atoms with E-state index in [4.69, 9.17) is 5.11 Å². The van der Waals surface area contributed by atoms with Crippen LogP contribution in [0.4, 0.5) is 4.39 Å².